The average Bonchev–Trinajstić information content (AvgIpc) is 2.68. The summed E-state index contributed by atoms with van der Waals surface area (Å²) in [7, 11) is 0. The lowest BCUT2D eigenvalue weighted by molar-refractivity contribution is -0.120. The van der Waals surface area contributed by atoms with E-state index < -0.39 is 5.97 Å². The van der Waals surface area contributed by atoms with Crippen molar-refractivity contribution < 1.29 is 19.4 Å². The largest absolute Gasteiger partial charge is 0.478 e. The first kappa shape index (κ1) is 18.9. The summed E-state index contributed by atoms with van der Waals surface area (Å²) in [6.07, 6.45) is 7.86. The van der Waals surface area contributed by atoms with Gasteiger partial charge in [0.1, 0.15) is 6.10 Å². The van der Waals surface area contributed by atoms with E-state index in [9.17, 15) is 9.59 Å². The first-order chi connectivity index (χ1) is 13.1. The van der Waals surface area contributed by atoms with Crippen molar-refractivity contribution in [2.24, 2.45) is 0 Å². The predicted molar refractivity (Wildman–Crippen MR) is 101 cm³/mol. The Kier molecular flexibility index (Phi) is 6.41. The van der Waals surface area contributed by atoms with Gasteiger partial charge in [0.15, 0.2) is 0 Å². The summed E-state index contributed by atoms with van der Waals surface area (Å²) in [5.41, 5.74) is 1.77. The Morgan fingerprint density at radius 3 is 2.70 bits per heavy atom. The van der Waals surface area contributed by atoms with Gasteiger partial charge in [-0.1, -0.05) is 18.6 Å². The third-order valence-corrected chi connectivity index (χ3v) is 4.67. The molecule has 1 saturated carbocycles. The molecule has 0 saturated heterocycles. The van der Waals surface area contributed by atoms with Gasteiger partial charge in [0.2, 0.25) is 11.8 Å². The van der Waals surface area contributed by atoms with Crippen molar-refractivity contribution in [2.75, 3.05) is 0 Å². The SMILES string of the molecule is O=C(Cc1cccc(C(=O)O)c1)NCc1ccnc(OC2CCCCC2)c1. The third kappa shape index (κ3) is 5.81. The standard InChI is InChI=1S/C21H24N2O4/c24-19(12-15-5-4-6-17(11-15)21(25)26)23-14-16-9-10-22-20(13-16)27-18-7-2-1-3-8-18/h4-6,9-11,13,18H,1-3,7-8,12,14H2,(H,23,24)(H,25,26). The minimum Gasteiger partial charge on any atom is -0.478 e. The molecule has 1 fully saturated rings. The maximum atomic E-state index is 12.2. The summed E-state index contributed by atoms with van der Waals surface area (Å²) in [6, 6.07) is 10.1. The van der Waals surface area contributed by atoms with Crippen LogP contribution in [0.2, 0.25) is 0 Å². The lowest BCUT2D eigenvalue weighted by atomic mass is 9.98. The molecule has 1 amide bonds. The first-order valence-corrected chi connectivity index (χ1v) is 9.30. The maximum absolute atomic E-state index is 12.2. The number of carboxylic acids is 1. The van der Waals surface area contributed by atoms with E-state index in [0.29, 0.717) is 18.0 Å². The smallest absolute Gasteiger partial charge is 0.335 e. The number of carbonyl (C=O) groups excluding carboxylic acids is 1. The number of ether oxygens (including phenoxy) is 1. The summed E-state index contributed by atoms with van der Waals surface area (Å²) in [5.74, 6) is -0.563. The highest BCUT2D eigenvalue weighted by atomic mass is 16.5. The molecular weight excluding hydrogens is 344 g/mol. The van der Waals surface area contributed by atoms with E-state index in [1.165, 1.54) is 31.4 Å². The van der Waals surface area contributed by atoms with E-state index in [1.54, 1.807) is 18.3 Å². The molecule has 142 valence electrons. The van der Waals surface area contributed by atoms with Crippen LogP contribution in [0.3, 0.4) is 0 Å². The molecule has 1 aromatic carbocycles. The number of pyridine rings is 1. The van der Waals surface area contributed by atoms with Crippen LogP contribution in [0.25, 0.3) is 0 Å². The number of aromatic carboxylic acids is 1. The predicted octanol–water partition coefficient (Wildman–Crippen LogP) is 3.35. The molecule has 2 N–H and O–H groups in total. The van der Waals surface area contributed by atoms with Crippen molar-refractivity contribution in [1.29, 1.82) is 0 Å². The molecule has 6 heteroatoms. The fourth-order valence-corrected chi connectivity index (χ4v) is 3.24. The molecule has 0 unspecified atom stereocenters. The highest BCUT2D eigenvalue weighted by Gasteiger charge is 2.15. The van der Waals surface area contributed by atoms with Crippen LogP contribution in [0.4, 0.5) is 0 Å². The molecule has 1 heterocycles. The second-order valence-corrected chi connectivity index (χ2v) is 6.84. The number of rotatable bonds is 7. The van der Waals surface area contributed by atoms with E-state index in [2.05, 4.69) is 10.3 Å². The van der Waals surface area contributed by atoms with Crippen LogP contribution in [-0.4, -0.2) is 28.1 Å². The van der Waals surface area contributed by atoms with Crippen molar-refractivity contribution in [3.8, 4) is 5.88 Å². The lowest BCUT2D eigenvalue weighted by Crippen LogP contribution is -2.25. The number of nitrogens with one attached hydrogen (secondary N) is 1. The van der Waals surface area contributed by atoms with E-state index in [0.717, 1.165) is 18.4 Å². The number of carboxylic acid groups (broad SMARTS) is 1. The number of nitrogens with zero attached hydrogens (tertiary/aromatic N) is 1. The van der Waals surface area contributed by atoms with Crippen LogP contribution in [0.1, 0.15) is 53.6 Å². The van der Waals surface area contributed by atoms with E-state index >= 15 is 0 Å². The highest BCUT2D eigenvalue weighted by Crippen LogP contribution is 2.22. The van der Waals surface area contributed by atoms with Crippen LogP contribution in [-0.2, 0) is 17.8 Å². The Bertz CT molecular complexity index is 800. The van der Waals surface area contributed by atoms with Gasteiger partial charge in [0, 0.05) is 18.8 Å². The van der Waals surface area contributed by atoms with Gasteiger partial charge in [-0.15, -0.1) is 0 Å². The quantitative estimate of drug-likeness (QED) is 0.782. The number of benzene rings is 1. The fourth-order valence-electron chi connectivity index (χ4n) is 3.24. The molecule has 2 aromatic rings. The molecule has 0 aliphatic heterocycles. The zero-order valence-corrected chi connectivity index (χ0v) is 15.2. The Balaban J connectivity index is 1.52. The van der Waals surface area contributed by atoms with Crippen molar-refractivity contribution >= 4 is 11.9 Å². The second kappa shape index (κ2) is 9.16. The monoisotopic (exact) mass is 368 g/mol. The van der Waals surface area contributed by atoms with Crippen molar-refractivity contribution in [3.05, 3.63) is 59.3 Å². The maximum Gasteiger partial charge on any atom is 0.335 e. The van der Waals surface area contributed by atoms with Crippen LogP contribution >= 0.6 is 0 Å². The summed E-state index contributed by atoms with van der Waals surface area (Å²) in [6.45, 7) is 0.376. The number of amides is 1. The summed E-state index contributed by atoms with van der Waals surface area (Å²) < 4.78 is 5.95. The van der Waals surface area contributed by atoms with Gasteiger partial charge in [-0.05, 0) is 55.0 Å². The molecule has 0 atom stereocenters. The summed E-state index contributed by atoms with van der Waals surface area (Å²) in [4.78, 5) is 27.4. The first-order valence-electron chi connectivity index (χ1n) is 9.30. The van der Waals surface area contributed by atoms with Crippen LogP contribution < -0.4 is 10.1 Å². The topological polar surface area (TPSA) is 88.5 Å². The van der Waals surface area contributed by atoms with E-state index in [-0.39, 0.29) is 24.0 Å². The molecule has 1 aliphatic rings. The number of carbonyl (C=O) groups is 2. The molecule has 0 spiro atoms. The van der Waals surface area contributed by atoms with Crippen LogP contribution in [0, 0.1) is 0 Å². The van der Waals surface area contributed by atoms with Crippen LogP contribution in [0.5, 0.6) is 5.88 Å². The van der Waals surface area contributed by atoms with Crippen LogP contribution in [0.15, 0.2) is 42.6 Å². The van der Waals surface area contributed by atoms with Crippen molar-refractivity contribution in [3.63, 3.8) is 0 Å². The average molecular weight is 368 g/mol. The van der Waals surface area contributed by atoms with Crippen molar-refractivity contribution in [1.82, 2.24) is 10.3 Å². The fraction of sp³-hybridized carbons (Fsp3) is 0.381. The number of aromatic nitrogens is 1. The van der Waals surface area contributed by atoms with Gasteiger partial charge in [0.05, 0.1) is 12.0 Å². The molecule has 3 rings (SSSR count). The highest BCUT2D eigenvalue weighted by molar-refractivity contribution is 5.88. The molecule has 6 nitrogen and oxygen atoms in total. The Morgan fingerprint density at radius 2 is 1.93 bits per heavy atom. The zero-order valence-electron chi connectivity index (χ0n) is 15.2. The van der Waals surface area contributed by atoms with Gasteiger partial charge in [-0.25, -0.2) is 9.78 Å². The van der Waals surface area contributed by atoms with Crippen molar-refractivity contribution in [2.45, 2.75) is 51.2 Å². The minimum atomic E-state index is -1.00. The van der Waals surface area contributed by atoms with Gasteiger partial charge in [0.25, 0.3) is 0 Å². The molecule has 0 radical (unpaired) electrons. The van der Waals surface area contributed by atoms with Gasteiger partial charge < -0.3 is 15.2 Å². The second-order valence-electron chi connectivity index (χ2n) is 6.84. The minimum absolute atomic E-state index is 0.137. The molecule has 1 aliphatic carbocycles. The van der Waals surface area contributed by atoms with Gasteiger partial charge in [-0.3, -0.25) is 4.79 Å². The Labute approximate surface area is 158 Å². The zero-order chi connectivity index (χ0) is 19.1. The number of hydrogen-bond donors (Lipinski definition) is 2. The normalized spacial score (nSPS) is 14.5. The molecule has 1 aromatic heterocycles. The Hall–Kier alpha value is -2.89. The summed E-state index contributed by atoms with van der Waals surface area (Å²) in [5, 5.41) is 11.9. The van der Waals surface area contributed by atoms with Gasteiger partial charge >= 0.3 is 5.97 Å². The third-order valence-electron chi connectivity index (χ3n) is 4.67. The molecular formula is C21H24N2O4. The molecule has 0 bridgehead atoms. The lowest BCUT2D eigenvalue weighted by Gasteiger charge is -2.22. The summed E-state index contributed by atoms with van der Waals surface area (Å²) >= 11 is 0. The van der Waals surface area contributed by atoms with E-state index in [4.69, 9.17) is 9.84 Å². The van der Waals surface area contributed by atoms with Gasteiger partial charge in [-0.2, -0.15) is 0 Å². The van der Waals surface area contributed by atoms with E-state index in [1.807, 2.05) is 12.1 Å². The Morgan fingerprint density at radius 1 is 1.11 bits per heavy atom. The number of hydrogen-bond acceptors (Lipinski definition) is 4. The molecule has 27 heavy (non-hydrogen) atoms.